The summed E-state index contributed by atoms with van der Waals surface area (Å²) in [6.45, 7) is 4.48. The molecule has 4 heteroatoms. The second kappa shape index (κ2) is 4.77. The van der Waals surface area contributed by atoms with Crippen LogP contribution in [0, 0.1) is 5.41 Å². The van der Waals surface area contributed by atoms with E-state index in [2.05, 4.69) is 35.0 Å². The highest BCUT2D eigenvalue weighted by Gasteiger charge is 2.62. The summed E-state index contributed by atoms with van der Waals surface area (Å²) >= 11 is 0. The fraction of sp³-hybridized carbons (Fsp3) is 0.278. The van der Waals surface area contributed by atoms with Crippen LogP contribution in [-0.2, 0) is 0 Å². The van der Waals surface area contributed by atoms with Crippen LogP contribution in [0.4, 0.5) is 0 Å². The van der Waals surface area contributed by atoms with Crippen LogP contribution in [0.3, 0.4) is 0 Å². The molecule has 0 bridgehead atoms. The number of nitrogens with zero attached hydrogens (tertiary/aromatic N) is 3. The van der Waals surface area contributed by atoms with E-state index in [0.717, 1.165) is 11.5 Å². The lowest BCUT2D eigenvalue weighted by atomic mass is 10.1. The van der Waals surface area contributed by atoms with Gasteiger partial charge in [-0.3, -0.25) is 4.98 Å². The van der Waals surface area contributed by atoms with Crippen LogP contribution in [-0.4, -0.2) is 15.1 Å². The molecule has 1 saturated carbocycles. The number of rotatable bonds is 3. The molecule has 4 nitrogen and oxygen atoms in total. The summed E-state index contributed by atoms with van der Waals surface area (Å²) in [5.41, 5.74) is 2.33. The van der Waals surface area contributed by atoms with Gasteiger partial charge in [0, 0.05) is 23.9 Å². The topological polar surface area (TPSA) is 51.8 Å². The van der Waals surface area contributed by atoms with E-state index in [9.17, 15) is 0 Å². The van der Waals surface area contributed by atoms with Crippen molar-refractivity contribution in [3.63, 3.8) is 0 Å². The fourth-order valence-electron chi connectivity index (χ4n) is 3.35. The van der Waals surface area contributed by atoms with E-state index in [1.807, 2.05) is 42.6 Å². The van der Waals surface area contributed by atoms with Gasteiger partial charge in [0.2, 0.25) is 11.7 Å². The monoisotopic (exact) mass is 291 g/mol. The highest BCUT2D eigenvalue weighted by atomic mass is 16.5. The molecule has 3 aromatic rings. The van der Waals surface area contributed by atoms with Crippen molar-refractivity contribution in [2.24, 2.45) is 5.41 Å². The van der Waals surface area contributed by atoms with Gasteiger partial charge in [0.1, 0.15) is 0 Å². The molecule has 0 amide bonds. The molecular formula is C18H17N3O. The van der Waals surface area contributed by atoms with E-state index in [0.29, 0.717) is 11.7 Å². The van der Waals surface area contributed by atoms with Crippen molar-refractivity contribution in [2.75, 3.05) is 0 Å². The predicted molar refractivity (Wildman–Crippen MR) is 83.2 cm³/mol. The Balaban J connectivity index is 1.65. The maximum absolute atomic E-state index is 5.55. The molecule has 0 saturated heterocycles. The molecule has 1 aromatic carbocycles. The van der Waals surface area contributed by atoms with Crippen LogP contribution in [0.5, 0.6) is 0 Å². The number of aromatic nitrogens is 3. The minimum Gasteiger partial charge on any atom is -0.339 e. The first kappa shape index (κ1) is 13.2. The Morgan fingerprint density at radius 3 is 2.55 bits per heavy atom. The highest BCUT2D eigenvalue weighted by Crippen LogP contribution is 2.69. The van der Waals surface area contributed by atoms with Crippen molar-refractivity contribution in [1.82, 2.24) is 15.1 Å². The number of hydrogen-bond acceptors (Lipinski definition) is 4. The van der Waals surface area contributed by atoms with Gasteiger partial charge in [0.05, 0.1) is 5.92 Å². The van der Waals surface area contributed by atoms with Crippen LogP contribution in [0.1, 0.15) is 37.1 Å². The molecule has 1 fully saturated rings. The standard InChI is InChI=1S/C18H17N3O/c1-18(2)14(13-9-6-10-19-11-13)15(18)17-20-16(21-22-17)12-7-4-3-5-8-12/h3-11,14-15H,1-2H3/t14-,15+/m0/s1. The molecular weight excluding hydrogens is 274 g/mol. The first-order valence-electron chi connectivity index (χ1n) is 7.47. The molecule has 0 aliphatic heterocycles. The molecule has 1 aliphatic rings. The van der Waals surface area contributed by atoms with Gasteiger partial charge >= 0.3 is 0 Å². The van der Waals surface area contributed by atoms with Gasteiger partial charge in [0.25, 0.3) is 0 Å². The fourth-order valence-corrected chi connectivity index (χ4v) is 3.35. The maximum atomic E-state index is 5.55. The Morgan fingerprint density at radius 1 is 1.00 bits per heavy atom. The van der Waals surface area contributed by atoms with Gasteiger partial charge in [-0.05, 0) is 17.0 Å². The summed E-state index contributed by atoms with van der Waals surface area (Å²) in [5, 5.41) is 4.14. The molecule has 1 aliphatic carbocycles. The third-order valence-electron chi connectivity index (χ3n) is 4.61. The van der Waals surface area contributed by atoms with E-state index >= 15 is 0 Å². The van der Waals surface area contributed by atoms with E-state index in [1.165, 1.54) is 5.56 Å². The summed E-state index contributed by atoms with van der Waals surface area (Å²) in [4.78, 5) is 8.84. The second-order valence-corrected chi connectivity index (χ2v) is 6.39. The molecule has 2 heterocycles. The van der Waals surface area contributed by atoms with Gasteiger partial charge in [-0.15, -0.1) is 0 Å². The van der Waals surface area contributed by atoms with Gasteiger partial charge in [-0.1, -0.05) is 55.4 Å². The van der Waals surface area contributed by atoms with Crippen LogP contribution in [0.2, 0.25) is 0 Å². The average molecular weight is 291 g/mol. The minimum absolute atomic E-state index is 0.115. The Hall–Kier alpha value is -2.49. The minimum atomic E-state index is 0.115. The van der Waals surface area contributed by atoms with Gasteiger partial charge in [0.15, 0.2) is 0 Å². The zero-order valence-electron chi connectivity index (χ0n) is 12.6. The van der Waals surface area contributed by atoms with Crippen LogP contribution in [0.25, 0.3) is 11.4 Å². The lowest BCUT2D eigenvalue weighted by Crippen LogP contribution is -1.91. The quantitative estimate of drug-likeness (QED) is 0.731. The van der Waals surface area contributed by atoms with E-state index in [1.54, 1.807) is 6.20 Å². The third kappa shape index (κ3) is 2.03. The maximum Gasteiger partial charge on any atom is 0.231 e. The molecule has 0 N–H and O–H groups in total. The first-order valence-corrected chi connectivity index (χ1v) is 7.47. The number of pyridine rings is 1. The van der Waals surface area contributed by atoms with Gasteiger partial charge < -0.3 is 4.52 Å². The SMILES string of the molecule is CC1(C)[C@@H](c2cccnc2)[C@@H]1c1nc(-c2ccccc2)no1. The number of benzene rings is 1. The van der Waals surface area contributed by atoms with Crippen molar-refractivity contribution < 1.29 is 4.52 Å². The normalized spacial score (nSPS) is 22.5. The van der Waals surface area contributed by atoms with Crippen LogP contribution in [0.15, 0.2) is 59.4 Å². The van der Waals surface area contributed by atoms with Crippen LogP contribution >= 0.6 is 0 Å². The third-order valence-corrected chi connectivity index (χ3v) is 4.61. The Labute approximate surface area is 129 Å². The Kier molecular flexibility index (Phi) is 2.86. The van der Waals surface area contributed by atoms with Crippen molar-refractivity contribution in [1.29, 1.82) is 0 Å². The highest BCUT2D eigenvalue weighted by molar-refractivity contribution is 5.54. The first-order chi connectivity index (χ1) is 10.7. The zero-order chi connectivity index (χ0) is 15.2. The summed E-state index contributed by atoms with van der Waals surface area (Å²) in [7, 11) is 0. The lowest BCUT2D eigenvalue weighted by molar-refractivity contribution is 0.368. The largest absolute Gasteiger partial charge is 0.339 e. The van der Waals surface area contributed by atoms with E-state index in [4.69, 9.17) is 4.52 Å². The van der Waals surface area contributed by atoms with Crippen molar-refractivity contribution in [3.05, 3.63) is 66.3 Å². The summed E-state index contributed by atoms with van der Waals surface area (Å²) in [6, 6.07) is 14.0. The zero-order valence-corrected chi connectivity index (χ0v) is 12.6. The van der Waals surface area contributed by atoms with Crippen LogP contribution < -0.4 is 0 Å². The molecule has 110 valence electrons. The summed E-state index contributed by atoms with van der Waals surface area (Å²) in [6.07, 6.45) is 3.73. The Morgan fingerprint density at radius 2 is 1.82 bits per heavy atom. The van der Waals surface area contributed by atoms with Crippen molar-refractivity contribution in [3.8, 4) is 11.4 Å². The average Bonchev–Trinajstić information content (AvgIpc) is 2.90. The molecule has 2 atom stereocenters. The summed E-state index contributed by atoms with van der Waals surface area (Å²) in [5.74, 6) is 2.01. The lowest BCUT2D eigenvalue weighted by Gasteiger charge is -2.00. The molecule has 0 spiro atoms. The van der Waals surface area contributed by atoms with Crippen molar-refractivity contribution >= 4 is 0 Å². The molecule has 0 unspecified atom stereocenters. The smallest absolute Gasteiger partial charge is 0.231 e. The molecule has 4 rings (SSSR count). The van der Waals surface area contributed by atoms with E-state index < -0.39 is 0 Å². The number of hydrogen-bond donors (Lipinski definition) is 0. The second-order valence-electron chi connectivity index (χ2n) is 6.39. The van der Waals surface area contributed by atoms with Crippen molar-refractivity contribution in [2.45, 2.75) is 25.7 Å². The predicted octanol–water partition coefficient (Wildman–Crippen LogP) is 4.04. The van der Waals surface area contributed by atoms with Gasteiger partial charge in [-0.2, -0.15) is 4.98 Å². The van der Waals surface area contributed by atoms with E-state index in [-0.39, 0.29) is 11.3 Å². The molecule has 0 radical (unpaired) electrons. The van der Waals surface area contributed by atoms with Gasteiger partial charge in [-0.25, -0.2) is 0 Å². The Bertz CT molecular complexity index is 780. The summed E-state index contributed by atoms with van der Waals surface area (Å²) < 4.78 is 5.55. The molecule has 2 aromatic heterocycles. The molecule has 22 heavy (non-hydrogen) atoms.